The van der Waals surface area contributed by atoms with Crippen molar-refractivity contribution in [1.82, 2.24) is 0 Å². The van der Waals surface area contributed by atoms with Gasteiger partial charge in [-0.15, -0.1) is 0 Å². The van der Waals surface area contributed by atoms with Gasteiger partial charge in [0.25, 0.3) is 0 Å². The molecule has 2 N–H and O–H groups in total. The molecule has 0 saturated carbocycles. The molecule has 7 heteroatoms. The summed E-state index contributed by atoms with van der Waals surface area (Å²) >= 11 is 0. The topological polar surface area (TPSA) is 77.4 Å². The van der Waals surface area contributed by atoms with Gasteiger partial charge in [-0.2, -0.15) is 0 Å². The Morgan fingerprint density at radius 2 is 1.57 bits per heavy atom. The van der Waals surface area contributed by atoms with Crippen LogP contribution in [0.5, 0.6) is 17.2 Å². The maximum atomic E-state index is 10.3. The van der Waals surface area contributed by atoms with E-state index in [4.69, 9.17) is 18.9 Å². The zero-order valence-electron chi connectivity index (χ0n) is 13.2. The van der Waals surface area contributed by atoms with E-state index in [1.807, 2.05) is 13.8 Å². The summed E-state index contributed by atoms with van der Waals surface area (Å²) in [6.45, 7) is 3.81. The summed E-state index contributed by atoms with van der Waals surface area (Å²) < 4.78 is 21.1. The SMILES string of the molecule is COc1cc(OC)c(B(O)OCC(C)(C)CO)c(OC)c1. The van der Waals surface area contributed by atoms with Crippen LogP contribution in [-0.4, -0.2) is 51.8 Å². The quantitative estimate of drug-likeness (QED) is 0.678. The Hall–Kier alpha value is -1.44. The van der Waals surface area contributed by atoms with Crippen molar-refractivity contribution in [3.8, 4) is 17.2 Å². The van der Waals surface area contributed by atoms with Crippen molar-refractivity contribution < 1.29 is 29.0 Å². The lowest BCUT2D eigenvalue weighted by Gasteiger charge is -2.23. The molecule has 0 radical (unpaired) electrons. The molecule has 0 unspecified atom stereocenters. The minimum Gasteiger partial charge on any atom is -0.497 e. The van der Waals surface area contributed by atoms with E-state index in [0.29, 0.717) is 22.7 Å². The molecule has 1 aromatic carbocycles. The molecule has 0 amide bonds. The highest BCUT2D eigenvalue weighted by atomic mass is 16.5. The first-order valence-electron chi connectivity index (χ1n) is 6.59. The monoisotopic (exact) mass is 298 g/mol. The average Bonchev–Trinajstić information content (AvgIpc) is 2.51. The van der Waals surface area contributed by atoms with Gasteiger partial charge in [0.1, 0.15) is 17.2 Å². The number of benzene rings is 1. The second kappa shape index (κ2) is 7.54. The molecule has 1 rings (SSSR count). The van der Waals surface area contributed by atoms with Gasteiger partial charge < -0.3 is 29.0 Å². The molecule has 0 spiro atoms. The van der Waals surface area contributed by atoms with Crippen molar-refractivity contribution in [2.45, 2.75) is 13.8 Å². The van der Waals surface area contributed by atoms with E-state index in [1.54, 1.807) is 12.1 Å². The predicted octanol–water partition coefficient (Wildman–Crippen LogP) is 0.435. The second-order valence-electron chi connectivity index (χ2n) is 5.43. The molecular weight excluding hydrogens is 275 g/mol. The molecule has 0 aromatic heterocycles. The zero-order valence-corrected chi connectivity index (χ0v) is 13.2. The lowest BCUT2D eigenvalue weighted by atomic mass is 9.77. The van der Waals surface area contributed by atoms with E-state index >= 15 is 0 Å². The summed E-state index contributed by atoms with van der Waals surface area (Å²) in [6.07, 6.45) is 0. The fourth-order valence-corrected chi connectivity index (χ4v) is 1.71. The standard InChI is InChI=1S/C14H23BO6/c1-14(2,8-16)9-21-15(17)13-11(19-4)6-10(18-3)7-12(13)20-5/h6-7,16-17H,8-9H2,1-5H3. The summed E-state index contributed by atoms with van der Waals surface area (Å²) in [4.78, 5) is 0. The minimum atomic E-state index is -1.23. The highest BCUT2D eigenvalue weighted by Gasteiger charge is 2.29. The summed E-state index contributed by atoms with van der Waals surface area (Å²) in [6, 6.07) is 3.28. The molecule has 0 heterocycles. The van der Waals surface area contributed by atoms with Gasteiger partial charge in [-0.3, -0.25) is 0 Å². The molecule has 0 aliphatic rings. The van der Waals surface area contributed by atoms with Crippen LogP contribution in [0.4, 0.5) is 0 Å². The van der Waals surface area contributed by atoms with E-state index in [-0.39, 0.29) is 13.2 Å². The van der Waals surface area contributed by atoms with Gasteiger partial charge in [-0.1, -0.05) is 13.8 Å². The van der Waals surface area contributed by atoms with Crippen molar-refractivity contribution in [2.24, 2.45) is 5.41 Å². The highest BCUT2D eigenvalue weighted by molar-refractivity contribution is 6.62. The highest BCUT2D eigenvalue weighted by Crippen LogP contribution is 2.26. The van der Waals surface area contributed by atoms with Crippen LogP contribution >= 0.6 is 0 Å². The van der Waals surface area contributed by atoms with Gasteiger partial charge in [0.2, 0.25) is 0 Å². The summed E-state index contributed by atoms with van der Waals surface area (Å²) in [5.41, 5.74) is -0.0666. The van der Waals surface area contributed by atoms with Crippen LogP contribution in [0.2, 0.25) is 0 Å². The first kappa shape index (κ1) is 17.6. The maximum Gasteiger partial charge on any atom is 0.498 e. The number of aliphatic hydroxyl groups is 1. The van der Waals surface area contributed by atoms with Crippen LogP contribution in [0.1, 0.15) is 13.8 Å². The van der Waals surface area contributed by atoms with Crippen LogP contribution < -0.4 is 19.7 Å². The van der Waals surface area contributed by atoms with Crippen LogP contribution in [0.15, 0.2) is 12.1 Å². The Morgan fingerprint density at radius 3 is 1.95 bits per heavy atom. The van der Waals surface area contributed by atoms with Crippen LogP contribution in [-0.2, 0) is 4.65 Å². The minimum absolute atomic E-state index is 0.0450. The molecule has 6 nitrogen and oxygen atoms in total. The van der Waals surface area contributed by atoms with E-state index in [1.165, 1.54) is 21.3 Å². The summed E-state index contributed by atoms with van der Waals surface area (Å²) in [5.74, 6) is 1.36. The first-order valence-corrected chi connectivity index (χ1v) is 6.59. The van der Waals surface area contributed by atoms with Crippen molar-refractivity contribution in [2.75, 3.05) is 34.5 Å². The van der Waals surface area contributed by atoms with Crippen LogP contribution in [0.3, 0.4) is 0 Å². The van der Waals surface area contributed by atoms with Gasteiger partial charge in [0, 0.05) is 24.2 Å². The number of hydrogen-bond donors (Lipinski definition) is 2. The Labute approximate surface area is 125 Å². The summed E-state index contributed by atoms with van der Waals surface area (Å²) in [5, 5.41) is 19.5. The Morgan fingerprint density at radius 1 is 1.05 bits per heavy atom. The third-order valence-corrected chi connectivity index (χ3v) is 3.06. The number of rotatable bonds is 8. The Bertz CT molecular complexity index is 438. The van der Waals surface area contributed by atoms with E-state index in [0.717, 1.165) is 0 Å². The molecule has 0 saturated heterocycles. The van der Waals surface area contributed by atoms with Crippen LogP contribution in [0, 0.1) is 5.41 Å². The second-order valence-corrected chi connectivity index (χ2v) is 5.43. The molecule has 0 aliphatic carbocycles. The molecular formula is C14H23BO6. The fraction of sp³-hybridized carbons (Fsp3) is 0.571. The smallest absolute Gasteiger partial charge is 0.497 e. The molecule has 118 valence electrons. The average molecular weight is 298 g/mol. The maximum absolute atomic E-state index is 10.3. The predicted molar refractivity (Wildman–Crippen MR) is 80.5 cm³/mol. The van der Waals surface area contributed by atoms with E-state index in [2.05, 4.69) is 0 Å². The zero-order chi connectivity index (χ0) is 16.0. The molecule has 21 heavy (non-hydrogen) atoms. The fourth-order valence-electron chi connectivity index (χ4n) is 1.71. The van der Waals surface area contributed by atoms with E-state index in [9.17, 15) is 10.1 Å². The van der Waals surface area contributed by atoms with Gasteiger partial charge >= 0.3 is 7.12 Å². The van der Waals surface area contributed by atoms with Gasteiger partial charge in [-0.25, -0.2) is 0 Å². The third kappa shape index (κ3) is 4.52. The number of aliphatic hydroxyl groups excluding tert-OH is 1. The van der Waals surface area contributed by atoms with Crippen molar-refractivity contribution in [1.29, 1.82) is 0 Å². The Balaban J connectivity index is 3.04. The summed E-state index contributed by atoms with van der Waals surface area (Å²) in [7, 11) is 3.28. The lowest BCUT2D eigenvalue weighted by molar-refractivity contribution is 0.0884. The first-order chi connectivity index (χ1) is 9.88. The van der Waals surface area contributed by atoms with Crippen molar-refractivity contribution in [3.05, 3.63) is 12.1 Å². The number of hydrogen-bond acceptors (Lipinski definition) is 6. The molecule has 0 atom stereocenters. The number of methoxy groups -OCH3 is 3. The third-order valence-electron chi connectivity index (χ3n) is 3.06. The largest absolute Gasteiger partial charge is 0.498 e. The molecule has 1 aromatic rings. The molecule has 0 aliphatic heterocycles. The number of ether oxygens (including phenoxy) is 3. The normalized spacial score (nSPS) is 11.2. The van der Waals surface area contributed by atoms with Gasteiger partial charge in [-0.05, 0) is 0 Å². The lowest BCUT2D eigenvalue weighted by Crippen LogP contribution is -2.39. The van der Waals surface area contributed by atoms with Crippen LogP contribution in [0.25, 0.3) is 0 Å². The van der Waals surface area contributed by atoms with Gasteiger partial charge in [0.05, 0.1) is 33.4 Å². The molecule has 0 fully saturated rings. The Kier molecular flexibility index (Phi) is 6.32. The molecule has 0 bridgehead atoms. The van der Waals surface area contributed by atoms with E-state index < -0.39 is 12.5 Å². The van der Waals surface area contributed by atoms with Gasteiger partial charge in [0.15, 0.2) is 0 Å². The van der Waals surface area contributed by atoms with Crippen molar-refractivity contribution >= 4 is 12.6 Å². The van der Waals surface area contributed by atoms with Crippen molar-refractivity contribution in [3.63, 3.8) is 0 Å².